The van der Waals surface area contributed by atoms with Gasteiger partial charge in [-0.05, 0) is 38.6 Å². The maximum absolute atomic E-state index is 12.5. The van der Waals surface area contributed by atoms with Gasteiger partial charge in [-0.1, -0.05) is 39.0 Å². The number of rotatable bonds is 10. The van der Waals surface area contributed by atoms with Crippen LogP contribution < -0.4 is 16.4 Å². The summed E-state index contributed by atoms with van der Waals surface area (Å²) in [4.78, 5) is 24.7. The van der Waals surface area contributed by atoms with Crippen LogP contribution in [0.25, 0.3) is 0 Å². The first-order valence-corrected chi connectivity index (χ1v) is 8.94. The number of amides is 2. The molecule has 0 atom stereocenters. The number of nitrogens with two attached hydrogens (primary N) is 1. The number of carbonyl (C=O) groups is 2. The summed E-state index contributed by atoms with van der Waals surface area (Å²) < 4.78 is 0. The molecule has 0 aliphatic heterocycles. The van der Waals surface area contributed by atoms with Crippen LogP contribution in [0.5, 0.6) is 0 Å². The summed E-state index contributed by atoms with van der Waals surface area (Å²) in [5.74, 6) is 0.0202. The summed E-state index contributed by atoms with van der Waals surface area (Å²) in [5, 5.41) is 6.02. The maximum Gasteiger partial charge on any atom is 0.245 e. The van der Waals surface area contributed by atoms with E-state index >= 15 is 0 Å². The first-order valence-electron chi connectivity index (χ1n) is 8.94. The molecule has 1 fully saturated rings. The molecule has 1 rings (SSSR count). The molecule has 0 aromatic rings. The summed E-state index contributed by atoms with van der Waals surface area (Å²) in [6, 6.07) is 0. The van der Waals surface area contributed by atoms with E-state index in [4.69, 9.17) is 5.73 Å². The second-order valence-corrected chi connectivity index (χ2v) is 6.40. The van der Waals surface area contributed by atoms with Crippen molar-refractivity contribution in [3.05, 3.63) is 0 Å². The summed E-state index contributed by atoms with van der Waals surface area (Å²) >= 11 is 0. The van der Waals surface area contributed by atoms with Crippen molar-refractivity contribution < 1.29 is 9.59 Å². The molecule has 2 amide bonds. The molecule has 1 saturated carbocycles. The van der Waals surface area contributed by atoms with E-state index < -0.39 is 5.54 Å². The number of nitrogens with one attached hydrogen (secondary N) is 2. The molecule has 0 spiro atoms. The van der Waals surface area contributed by atoms with E-state index in [1.807, 2.05) is 6.92 Å². The van der Waals surface area contributed by atoms with Gasteiger partial charge in [0, 0.05) is 13.0 Å². The van der Waals surface area contributed by atoms with Crippen molar-refractivity contribution in [2.45, 2.75) is 83.1 Å². The number of carbonyl (C=O) groups excluding carboxylic acids is 2. The summed E-state index contributed by atoms with van der Waals surface area (Å²) in [6.45, 7) is 3.43. The van der Waals surface area contributed by atoms with Crippen LogP contribution >= 0.6 is 12.4 Å². The van der Waals surface area contributed by atoms with Crippen molar-refractivity contribution in [3.63, 3.8) is 0 Å². The Morgan fingerprint density at radius 3 is 2.30 bits per heavy atom. The highest BCUT2D eigenvalue weighted by Gasteiger charge is 2.40. The summed E-state index contributed by atoms with van der Waals surface area (Å²) in [6.07, 6.45) is 10.1. The van der Waals surface area contributed by atoms with Crippen LogP contribution in [0.2, 0.25) is 0 Å². The molecule has 0 aromatic heterocycles. The average molecular weight is 348 g/mol. The van der Waals surface area contributed by atoms with Gasteiger partial charge in [0.25, 0.3) is 0 Å². The molecule has 0 bridgehead atoms. The Morgan fingerprint density at radius 1 is 1.04 bits per heavy atom. The Balaban J connectivity index is 0.00000484. The van der Waals surface area contributed by atoms with E-state index in [-0.39, 0.29) is 24.2 Å². The summed E-state index contributed by atoms with van der Waals surface area (Å²) in [5.41, 5.74) is 4.80. The lowest BCUT2D eigenvalue weighted by molar-refractivity contribution is -0.135. The molecule has 136 valence electrons. The minimum atomic E-state index is -0.665. The van der Waals surface area contributed by atoms with Gasteiger partial charge in [-0.3, -0.25) is 9.59 Å². The molecule has 5 nitrogen and oxygen atoms in total. The minimum Gasteiger partial charge on any atom is -0.354 e. The van der Waals surface area contributed by atoms with E-state index in [0.29, 0.717) is 19.5 Å². The molecule has 0 saturated heterocycles. The van der Waals surface area contributed by atoms with Crippen molar-refractivity contribution in [2.24, 2.45) is 5.73 Å². The molecule has 0 aromatic carbocycles. The van der Waals surface area contributed by atoms with Gasteiger partial charge in [0.1, 0.15) is 5.54 Å². The van der Waals surface area contributed by atoms with Crippen LogP contribution in [0.3, 0.4) is 0 Å². The fourth-order valence-corrected chi connectivity index (χ4v) is 3.08. The van der Waals surface area contributed by atoms with Crippen LogP contribution in [0, 0.1) is 0 Å². The molecule has 1 aliphatic rings. The third kappa shape index (κ3) is 8.02. The lowest BCUT2D eigenvalue weighted by Gasteiger charge is -2.36. The Hall–Kier alpha value is -0.810. The van der Waals surface area contributed by atoms with Gasteiger partial charge in [0.2, 0.25) is 11.8 Å². The third-order valence-corrected chi connectivity index (χ3v) is 4.41. The SMILES string of the molecule is CCCNC(=O)C1(NC(=O)CCCCCCN)CCCCC1.Cl. The normalized spacial score (nSPS) is 16.3. The van der Waals surface area contributed by atoms with Gasteiger partial charge in [-0.15, -0.1) is 12.4 Å². The molecule has 0 unspecified atom stereocenters. The Kier molecular flexibility index (Phi) is 12.1. The molecular weight excluding hydrogens is 314 g/mol. The van der Waals surface area contributed by atoms with Gasteiger partial charge >= 0.3 is 0 Å². The van der Waals surface area contributed by atoms with Crippen LogP contribution in [0.1, 0.15) is 77.6 Å². The van der Waals surface area contributed by atoms with Crippen LogP contribution in [0.4, 0.5) is 0 Å². The Morgan fingerprint density at radius 2 is 1.70 bits per heavy atom. The summed E-state index contributed by atoms with van der Waals surface area (Å²) in [7, 11) is 0. The Bertz CT molecular complexity index is 345. The van der Waals surface area contributed by atoms with Gasteiger partial charge in [0.15, 0.2) is 0 Å². The van der Waals surface area contributed by atoms with Gasteiger partial charge in [-0.25, -0.2) is 0 Å². The largest absolute Gasteiger partial charge is 0.354 e. The van der Waals surface area contributed by atoms with Crippen molar-refractivity contribution in [1.29, 1.82) is 0 Å². The topological polar surface area (TPSA) is 84.2 Å². The lowest BCUT2D eigenvalue weighted by atomic mass is 9.80. The van der Waals surface area contributed by atoms with Gasteiger partial charge in [-0.2, -0.15) is 0 Å². The van der Waals surface area contributed by atoms with E-state index in [9.17, 15) is 9.59 Å². The molecular formula is C17H34ClN3O2. The molecule has 6 heteroatoms. The van der Waals surface area contributed by atoms with Crippen LogP contribution in [-0.4, -0.2) is 30.4 Å². The Labute approximate surface area is 146 Å². The van der Waals surface area contributed by atoms with E-state index in [1.165, 1.54) is 0 Å². The maximum atomic E-state index is 12.5. The fourth-order valence-electron chi connectivity index (χ4n) is 3.08. The quantitative estimate of drug-likeness (QED) is 0.531. The highest BCUT2D eigenvalue weighted by molar-refractivity contribution is 5.91. The highest BCUT2D eigenvalue weighted by Crippen LogP contribution is 2.28. The number of hydrogen-bond donors (Lipinski definition) is 3. The van der Waals surface area contributed by atoms with E-state index in [0.717, 1.165) is 64.2 Å². The zero-order valence-electron chi connectivity index (χ0n) is 14.5. The first-order chi connectivity index (χ1) is 10.6. The van der Waals surface area contributed by atoms with Gasteiger partial charge < -0.3 is 16.4 Å². The lowest BCUT2D eigenvalue weighted by Crippen LogP contribution is -2.59. The zero-order chi connectivity index (χ0) is 16.3. The second kappa shape index (κ2) is 12.6. The van der Waals surface area contributed by atoms with Crippen LogP contribution in [0.15, 0.2) is 0 Å². The number of halogens is 1. The van der Waals surface area contributed by atoms with E-state index in [2.05, 4.69) is 10.6 Å². The zero-order valence-corrected chi connectivity index (χ0v) is 15.3. The van der Waals surface area contributed by atoms with E-state index in [1.54, 1.807) is 0 Å². The average Bonchev–Trinajstić information content (AvgIpc) is 2.53. The van der Waals surface area contributed by atoms with Crippen molar-refractivity contribution in [1.82, 2.24) is 10.6 Å². The number of unbranched alkanes of at least 4 members (excludes halogenated alkanes) is 3. The fraction of sp³-hybridized carbons (Fsp3) is 0.882. The predicted octanol–water partition coefficient (Wildman–Crippen LogP) is 2.66. The molecule has 4 N–H and O–H groups in total. The molecule has 1 aliphatic carbocycles. The monoisotopic (exact) mass is 347 g/mol. The molecule has 0 heterocycles. The van der Waals surface area contributed by atoms with Crippen LogP contribution in [-0.2, 0) is 9.59 Å². The third-order valence-electron chi connectivity index (χ3n) is 4.41. The van der Waals surface area contributed by atoms with Gasteiger partial charge in [0.05, 0.1) is 0 Å². The highest BCUT2D eigenvalue weighted by atomic mass is 35.5. The minimum absolute atomic E-state index is 0. The second-order valence-electron chi connectivity index (χ2n) is 6.40. The number of hydrogen-bond acceptors (Lipinski definition) is 3. The van der Waals surface area contributed by atoms with Crippen molar-refractivity contribution in [2.75, 3.05) is 13.1 Å². The van der Waals surface area contributed by atoms with Crippen molar-refractivity contribution >= 4 is 24.2 Å². The standard InChI is InChI=1S/C17H33N3O2.ClH/c1-2-14-19-16(22)17(11-7-5-8-12-17)20-15(21)10-6-3-4-9-13-18;/h2-14,18H2,1H3,(H,19,22)(H,20,21);1H. The molecule has 23 heavy (non-hydrogen) atoms. The smallest absolute Gasteiger partial charge is 0.245 e. The predicted molar refractivity (Wildman–Crippen MR) is 96.6 cm³/mol. The van der Waals surface area contributed by atoms with Crippen molar-refractivity contribution in [3.8, 4) is 0 Å². The first kappa shape index (κ1) is 22.2. The molecule has 0 radical (unpaired) electrons.